The number of alkyl halides is 2. The highest BCUT2D eigenvalue weighted by Crippen LogP contribution is 2.44. The molecule has 138 valence electrons. The van der Waals surface area contributed by atoms with Crippen molar-refractivity contribution in [1.82, 2.24) is 5.32 Å². The van der Waals surface area contributed by atoms with Gasteiger partial charge in [0.15, 0.2) is 0 Å². The second-order valence-corrected chi connectivity index (χ2v) is 6.95. The molecule has 2 aromatic carbocycles. The number of benzene rings is 2. The van der Waals surface area contributed by atoms with Crippen molar-refractivity contribution in [2.24, 2.45) is 0 Å². The number of ether oxygens (including phenoxy) is 1. The largest absolute Gasteiger partial charge is 0.449 e. The van der Waals surface area contributed by atoms with Gasteiger partial charge in [-0.3, -0.25) is 0 Å². The number of alkyl carbamates (subject to hydrolysis) is 1. The number of fused-ring (bicyclic) bond motifs is 3. The highest BCUT2D eigenvalue weighted by Gasteiger charge is 2.37. The molecular weight excluding hydrogens is 340 g/mol. The molecule has 0 saturated carbocycles. The van der Waals surface area contributed by atoms with Crippen LogP contribution in [-0.4, -0.2) is 35.9 Å². The van der Waals surface area contributed by atoms with Crippen molar-refractivity contribution in [3.8, 4) is 11.1 Å². The fourth-order valence-electron chi connectivity index (χ4n) is 3.29. The molecular formula is C20H21F2NO3. The van der Waals surface area contributed by atoms with E-state index in [9.17, 15) is 18.7 Å². The molecule has 0 radical (unpaired) electrons. The standard InChI is InChI=1S/C20H21F2NO3/c1-20(2,17(24)18(21)22)23-19(25)26-11-16-14-9-5-3-7-12(14)13-8-4-6-10-15(13)16/h3-10,16-18,24H,11H2,1-2H3,(H,23,25). The minimum atomic E-state index is -2.96. The lowest BCUT2D eigenvalue weighted by atomic mass is 9.97. The molecule has 6 heteroatoms. The summed E-state index contributed by atoms with van der Waals surface area (Å²) in [7, 11) is 0. The van der Waals surface area contributed by atoms with Gasteiger partial charge in [0.05, 0.1) is 5.54 Å². The number of rotatable bonds is 5. The van der Waals surface area contributed by atoms with Crippen LogP contribution in [0, 0.1) is 0 Å². The molecule has 26 heavy (non-hydrogen) atoms. The molecule has 1 amide bonds. The van der Waals surface area contributed by atoms with Crippen LogP contribution in [0.4, 0.5) is 13.6 Å². The fourth-order valence-corrected chi connectivity index (χ4v) is 3.29. The predicted molar refractivity (Wildman–Crippen MR) is 94.3 cm³/mol. The number of halogens is 2. The zero-order chi connectivity index (χ0) is 18.9. The SMILES string of the molecule is CC(C)(NC(=O)OCC1c2ccccc2-c2ccccc21)C(O)C(F)F. The van der Waals surface area contributed by atoms with Gasteiger partial charge in [0.1, 0.15) is 12.7 Å². The minimum absolute atomic E-state index is 0.0840. The number of hydrogen-bond acceptors (Lipinski definition) is 3. The molecule has 0 aliphatic heterocycles. The molecule has 4 nitrogen and oxygen atoms in total. The van der Waals surface area contributed by atoms with Crippen molar-refractivity contribution in [2.75, 3.05) is 6.61 Å². The molecule has 0 aromatic heterocycles. The van der Waals surface area contributed by atoms with E-state index in [0.29, 0.717) is 0 Å². The van der Waals surface area contributed by atoms with Gasteiger partial charge in [-0.1, -0.05) is 48.5 Å². The number of carbonyl (C=O) groups excluding carboxylic acids is 1. The van der Waals surface area contributed by atoms with Crippen LogP contribution in [0.25, 0.3) is 11.1 Å². The van der Waals surface area contributed by atoms with E-state index in [1.165, 1.54) is 13.8 Å². The van der Waals surface area contributed by atoms with Crippen LogP contribution in [0.5, 0.6) is 0 Å². The Hall–Kier alpha value is -2.47. The second kappa shape index (κ2) is 7.03. The topological polar surface area (TPSA) is 58.6 Å². The third kappa shape index (κ3) is 3.42. The molecule has 1 aliphatic carbocycles. The molecule has 0 spiro atoms. The van der Waals surface area contributed by atoms with Gasteiger partial charge in [-0.25, -0.2) is 13.6 Å². The number of aliphatic hydroxyl groups excluding tert-OH is 1. The van der Waals surface area contributed by atoms with Gasteiger partial charge >= 0.3 is 6.09 Å². The zero-order valence-corrected chi connectivity index (χ0v) is 14.6. The Labute approximate surface area is 150 Å². The van der Waals surface area contributed by atoms with Gasteiger partial charge in [-0.15, -0.1) is 0 Å². The van der Waals surface area contributed by atoms with Gasteiger partial charge in [0, 0.05) is 5.92 Å². The van der Waals surface area contributed by atoms with Crippen molar-refractivity contribution in [3.63, 3.8) is 0 Å². The molecule has 2 aromatic rings. The molecule has 0 heterocycles. The summed E-state index contributed by atoms with van der Waals surface area (Å²) >= 11 is 0. The number of hydrogen-bond donors (Lipinski definition) is 2. The summed E-state index contributed by atoms with van der Waals surface area (Å²) in [4.78, 5) is 12.1. The van der Waals surface area contributed by atoms with Crippen molar-refractivity contribution in [3.05, 3.63) is 59.7 Å². The van der Waals surface area contributed by atoms with Crippen LogP contribution >= 0.6 is 0 Å². The van der Waals surface area contributed by atoms with Crippen molar-refractivity contribution >= 4 is 6.09 Å². The lowest BCUT2D eigenvalue weighted by Gasteiger charge is -2.30. The summed E-state index contributed by atoms with van der Waals surface area (Å²) < 4.78 is 30.7. The number of amides is 1. The smallest absolute Gasteiger partial charge is 0.407 e. The lowest BCUT2D eigenvalue weighted by molar-refractivity contribution is -0.0494. The summed E-state index contributed by atoms with van der Waals surface area (Å²) in [5.74, 6) is -0.115. The maximum absolute atomic E-state index is 12.7. The quantitative estimate of drug-likeness (QED) is 0.848. The molecule has 0 saturated heterocycles. The lowest BCUT2D eigenvalue weighted by Crippen LogP contribution is -2.55. The van der Waals surface area contributed by atoms with E-state index < -0.39 is 24.2 Å². The number of carbonyl (C=O) groups is 1. The van der Waals surface area contributed by atoms with Crippen LogP contribution < -0.4 is 5.32 Å². The minimum Gasteiger partial charge on any atom is -0.449 e. The first kappa shape index (κ1) is 18.3. The highest BCUT2D eigenvalue weighted by molar-refractivity contribution is 5.79. The fraction of sp³-hybridized carbons (Fsp3) is 0.350. The Morgan fingerprint density at radius 1 is 1.12 bits per heavy atom. The summed E-state index contributed by atoms with van der Waals surface area (Å²) in [5, 5.41) is 11.8. The first-order chi connectivity index (χ1) is 12.3. The van der Waals surface area contributed by atoms with E-state index in [4.69, 9.17) is 4.74 Å². The Bertz CT molecular complexity index is 762. The number of nitrogens with one attached hydrogen (secondary N) is 1. The van der Waals surface area contributed by atoms with Crippen molar-refractivity contribution in [2.45, 2.75) is 37.8 Å². The van der Waals surface area contributed by atoms with E-state index in [2.05, 4.69) is 5.32 Å². The monoisotopic (exact) mass is 361 g/mol. The predicted octanol–water partition coefficient (Wildman–Crippen LogP) is 3.93. The second-order valence-electron chi connectivity index (χ2n) is 6.95. The Balaban J connectivity index is 1.71. The highest BCUT2D eigenvalue weighted by atomic mass is 19.3. The van der Waals surface area contributed by atoms with Gasteiger partial charge in [-0.05, 0) is 36.1 Å². The van der Waals surface area contributed by atoms with Gasteiger partial charge < -0.3 is 15.2 Å². The molecule has 0 fully saturated rings. The van der Waals surface area contributed by atoms with Crippen LogP contribution in [0.3, 0.4) is 0 Å². The molecule has 1 aliphatic rings. The van der Waals surface area contributed by atoms with Gasteiger partial charge in [-0.2, -0.15) is 0 Å². The van der Waals surface area contributed by atoms with Crippen LogP contribution in [-0.2, 0) is 4.74 Å². The van der Waals surface area contributed by atoms with Gasteiger partial charge in [0.25, 0.3) is 6.43 Å². The first-order valence-electron chi connectivity index (χ1n) is 8.40. The first-order valence-corrected chi connectivity index (χ1v) is 8.40. The Kier molecular flexibility index (Phi) is 4.96. The summed E-state index contributed by atoms with van der Waals surface area (Å²) in [6.45, 7) is 2.73. The van der Waals surface area contributed by atoms with E-state index in [-0.39, 0.29) is 12.5 Å². The third-order valence-electron chi connectivity index (χ3n) is 4.75. The zero-order valence-electron chi connectivity index (χ0n) is 14.6. The molecule has 2 N–H and O–H groups in total. The maximum Gasteiger partial charge on any atom is 0.407 e. The third-order valence-corrected chi connectivity index (χ3v) is 4.75. The molecule has 0 bridgehead atoms. The van der Waals surface area contributed by atoms with E-state index >= 15 is 0 Å². The number of aliphatic hydroxyl groups is 1. The summed E-state index contributed by atoms with van der Waals surface area (Å²) in [5.41, 5.74) is 2.83. The average molecular weight is 361 g/mol. The summed E-state index contributed by atoms with van der Waals surface area (Å²) in [6, 6.07) is 15.8. The van der Waals surface area contributed by atoms with E-state index in [1.54, 1.807) is 0 Å². The van der Waals surface area contributed by atoms with Crippen LogP contribution in [0.2, 0.25) is 0 Å². The Morgan fingerprint density at radius 3 is 2.12 bits per heavy atom. The molecule has 3 rings (SSSR count). The molecule has 1 atom stereocenters. The summed E-state index contributed by atoms with van der Waals surface area (Å²) in [6.07, 6.45) is -5.78. The Morgan fingerprint density at radius 2 is 1.62 bits per heavy atom. The van der Waals surface area contributed by atoms with Crippen molar-refractivity contribution < 1.29 is 23.4 Å². The van der Waals surface area contributed by atoms with E-state index in [0.717, 1.165) is 22.3 Å². The van der Waals surface area contributed by atoms with Crippen LogP contribution in [0.15, 0.2) is 48.5 Å². The van der Waals surface area contributed by atoms with Crippen molar-refractivity contribution in [1.29, 1.82) is 0 Å². The van der Waals surface area contributed by atoms with Gasteiger partial charge in [0.2, 0.25) is 0 Å². The average Bonchev–Trinajstić information content (AvgIpc) is 2.93. The molecule has 1 unspecified atom stereocenters. The normalized spacial score (nSPS) is 14.7. The van der Waals surface area contributed by atoms with E-state index in [1.807, 2.05) is 48.5 Å². The maximum atomic E-state index is 12.7. The van der Waals surface area contributed by atoms with Crippen LogP contribution in [0.1, 0.15) is 30.9 Å².